The summed E-state index contributed by atoms with van der Waals surface area (Å²) in [6.45, 7) is 0. The summed E-state index contributed by atoms with van der Waals surface area (Å²) < 4.78 is 2.05. The average molecular weight is 323 g/mol. The maximum Gasteiger partial charge on any atom is 0.216 e. The first-order valence-electron chi connectivity index (χ1n) is 4.87. The molecular weight excluding hydrogens is 313 g/mol. The van der Waals surface area contributed by atoms with Gasteiger partial charge in [0, 0.05) is 21.8 Å². The van der Waals surface area contributed by atoms with E-state index >= 15 is 0 Å². The first-order valence-corrected chi connectivity index (χ1v) is 5.95. The topological polar surface area (TPSA) is 26.9 Å². The molecule has 0 atom stereocenters. The summed E-state index contributed by atoms with van der Waals surface area (Å²) in [5.74, 6) is 0. The highest BCUT2D eigenvalue weighted by Gasteiger charge is 1.96. The average Bonchev–Trinajstić information content (AvgIpc) is 2.30. The standard InChI is InChI=1S/C13H10INO/c14-12-7-4-11(5-8-12)6-9-13-3-1-2-10-15(13)16/h1-10H. The van der Waals surface area contributed by atoms with Crippen molar-refractivity contribution in [2.45, 2.75) is 0 Å². The van der Waals surface area contributed by atoms with Crippen molar-refractivity contribution >= 4 is 34.7 Å². The van der Waals surface area contributed by atoms with Crippen molar-refractivity contribution in [1.29, 1.82) is 0 Å². The minimum Gasteiger partial charge on any atom is -0.618 e. The second-order valence-corrected chi connectivity index (χ2v) is 4.58. The van der Waals surface area contributed by atoms with E-state index in [9.17, 15) is 5.21 Å². The van der Waals surface area contributed by atoms with Gasteiger partial charge in [0.1, 0.15) is 0 Å². The van der Waals surface area contributed by atoms with Crippen LogP contribution >= 0.6 is 22.6 Å². The third-order valence-corrected chi connectivity index (χ3v) is 2.89. The largest absolute Gasteiger partial charge is 0.618 e. The molecule has 0 spiro atoms. The quantitative estimate of drug-likeness (QED) is 0.474. The second kappa shape index (κ2) is 5.12. The lowest BCUT2D eigenvalue weighted by atomic mass is 10.2. The molecule has 1 aromatic heterocycles. The molecule has 2 rings (SSSR count). The van der Waals surface area contributed by atoms with E-state index in [4.69, 9.17) is 0 Å². The zero-order valence-electron chi connectivity index (χ0n) is 8.51. The molecule has 16 heavy (non-hydrogen) atoms. The summed E-state index contributed by atoms with van der Waals surface area (Å²) in [7, 11) is 0. The lowest BCUT2D eigenvalue weighted by Crippen LogP contribution is -2.28. The summed E-state index contributed by atoms with van der Waals surface area (Å²) in [6, 6.07) is 13.5. The van der Waals surface area contributed by atoms with E-state index in [1.165, 1.54) is 9.77 Å². The Morgan fingerprint density at radius 2 is 1.75 bits per heavy atom. The lowest BCUT2D eigenvalue weighted by molar-refractivity contribution is -0.607. The molecule has 0 saturated carbocycles. The van der Waals surface area contributed by atoms with Crippen molar-refractivity contribution in [3.05, 3.63) is 68.7 Å². The predicted molar refractivity (Wildman–Crippen MR) is 73.5 cm³/mol. The third-order valence-electron chi connectivity index (χ3n) is 2.17. The Bertz CT molecular complexity index is 506. The van der Waals surface area contributed by atoms with Crippen LogP contribution < -0.4 is 4.73 Å². The van der Waals surface area contributed by atoms with Gasteiger partial charge >= 0.3 is 0 Å². The number of aromatic nitrogens is 1. The summed E-state index contributed by atoms with van der Waals surface area (Å²) in [5, 5.41) is 11.4. The Morgan fingerprint density at radius 3 is 2.44 bits per heavy atom. The molecule has 0 amide bonds. The molecule has 0 aliphatic rings. The highest BCUT2D eigenvalue weighted by atomic mass is 127. The van der Waals surface area contributed by atoms with Crippen LogP contribution in [0.1, 0.15) is 11.3 Å². The van der Waals surface area contributed by atoms with Crippen LogP contribution in [0, 0.1) is 8.78 Å². The van der Waals surface area contributed by atoms with Crippen molar-refractivity contribution in [3.63, 3.8) is 0 Å². The van der Waals surface area contributed by atoms with Gasteiger partial charge in [-0.1, -0.05) is 12.1 Å². The van der Waals surface area contributed by atoms with Crippen LogP contribution in [0.15, 0.2) is 48.7 Å². The summed E-state index contributed by atoms with van der Waals surface area (Å²) in [6.07, 6.45) is 5.24. The molecule has 0 unspecified atom stereocenters. The second-order valence-electron chi connectivity index (χ2n) is 3.34. The minimum absolute atomic E-state index is 0.640. The summed E-state index contributed by atoms with van der Waals surface area (Å²) in [4.78, 5) is 0. The van der Waals surface area contributed by atoms with E-state index in [1.807, 2.05) is 42.5 Å². The number of halogens is 1. The Hall–Kier alpha value is -1.36. The molecule has 1 aromatic carbocycles. The Balaban J connectivity index is 2.21. The normalized spacial score (nSPS) is 10.8. The van der Waals surface area contributed by atoms with Crippen LogP contribution in [0.5, 0.6) is 0 Å². The fraction of sp³-hybridized carbons (Fsp3) is 0. The highest BCUT2D eigenvalue weighted by molar-refractivity contribution is 14.1. The molecule has 0 bridgehead atoms. The van der Waals surface area contributed by atoms with Crippen molar-refractivity contribution in [2.75, 3.05) is 0 Å². The maximum atomic E-state index is 11.4. The SMILES string of the molecule is [O-][n+]1ccccc1C=Cc1ccc(I)cc1. The van der Waals surface area contributed by atoms with Crippen LogP contribution in [0.3, 0.4) is 0 Å². The van der Waals surface area contributed by atoms with Crippen LogP contribution in [0.25, 0.3) is 12.2 Å². The molecule has 1 heterocycles. The van der Waals surface area contributed by atoms with E-state index in [1.54, 1.807) is 12.1 Å². The summed E-state index contributed by atoms with van der Waals surface area (Å²) in [5.41, 5.74) is 1.73. The molecular formula is C13H10INO. The zero-order chi connectivity index (χ0) is 11.4. The van der Waals surface area contributed by atoms with E-state index in [0.29, 0.717) is 5.69 Å². The van der Waals surface area contributed by atoms with Gasteiger partial charge in [0.15, 0.2) is 6.20 Å². The monoisotopic (exact) mass is 323 g/mol. The van der Waals surface area contributed by atoms with Crippen molar-refractivity contribution < 1.29 is 4.73 Å². The number of hydrogen-bond donors (Lipinski definition) is 0. The van der Waals surface area contributed by atoms with Crippen molar-refractivity contribution in [1.82, 2.24) is 0 Å². The molecule has 80 valence electrons. The number of hydrogen-bond acceptors (Lipinski definition) is 1. The van der Waals surface area contributed by atoms with E-state index in [-0.39, 0.29) is 0 Å². The van der Waals surface area contributed by atoms with E-state index in [0.717, 1.165) is 10.3 Å². The van der Waals surface area contributed by atoms with Crippen LogP contribution in [0.2, 0.25) is 0 Å². The van der Waals surface area contributed by atoms with Crippen LogP contribution in [-0.2, 0) is 0 Å². The van der Waals surface area contributed by atoms with Gasteiger partial charge in [0.25, 0.3) is 0 Å². The smallest absolute Gasteiger partial charge is 0.216 e. The molecule has 2 nitrogen and oxygen atoms in total. The van der Waals surface area contributed by atoms with Gasteiger partial charge < -0.3 is 5.21 Å². The Morgan fingerprint density at radius 1 is 1.00 bits per heavy atom. The molecule has 0 radical (unpaired) electrons. The molecule has 0 aliphatic heterocycles. The Kier molecular flexibility index (Phi) is 3.56. The first kappa shape index (κ1) is 11.1. The summed E-state index contributed by atoms with van der Waals surface area (Å²) >= 11 is 2.26. The van der Waals surface area contributed by atoms with Crippen LogP contribution in [-0.4, -0.2) is 0 Å². The number of rotatable bonds is 2. The fourth-order valence-electron chi connectivity index (χ4n) is 1.33. The van der Waals surface area contributed by atoms with Gasteiger partial charge in [-0.25, -0.2) is 0 Å². The fourth-order valence-corrected chi connectivity index (χ4v) is 1.69. The predicted octanol–water partition coefficient (Wildman–Crippen LogP) is 3.10. The van der Waals surface area contributed by atoms with Gasteiger partial charge in [-0.3, -0.25) is 0 Å². The Labute approximate surface area is 108 Å². The first-order chi connectivity index (χ1) is 7.75. The minimum atomic E-state index is 0.640. The molecule has 0 aliphatic carbocycles. The van der Waals surface area contributed by atoms with E-state index < -0.39 is 0 Å². The van der Waals surface area contributed by atoms with Gasteiger partial charge in [0.05, 0.1) is 0 Å². The lowest BCUT2D eigenvalue weighted by Gasteiger charge is -1.98. The molecule has 0 N–H and O–H groups in total. The number of benzene rings is 1. The molecule has 0 saturated heterocycles. The zero-order valence-corrected chi connectivity index (χ0v) is 10.7. The molecule has 3 heteroatoms. The van der Waals surface area contributed by atoms with Crippen LogP contribution in [0.4, 0.5) is 0 Å². The van der Waals surface area contributed by atoms with E-state index in [2.05, 4.69) is 22.6 Å². The highest BCUT2D eigenvalue weighted by Crippen LogP contribution is 2.09. The van der Waals surface area contributed by atoms with Crippen molar-refractivity contribution in [2.24, 2.45) is 0 Å². The molecule has 2 aromatic rings. The van der Waals surface area contributed by atoms with Gasteiger partial charge in [-0.15, -0.1) is 0 Å². The van der Waals surface area contributed by atoms with Gasteiger partial charge in [-0.05, 0) is 52.4 Å². The maximum absolute atomic E-state index is 11.4. The number of nitrogens with zero attached hydrogens (tertiary/aromatic N) is 1. The molecule has 0 fully saturated rings. The van der Waals surface area contributed by atoms with Gasteiger partial charge in [0.2, 0.25) is 5.69 Å². The third kappa shape index (κ3) is 2.82. The number of pyridine rings is 1. The van der Waals surface area contributed by atoms with Crippen molar-refractivity contribution in [3.8, 4) is 0 Å². The van der Waals surface area contributed by atoms with Gasteiger partial charge in [-0.2, -0.15) is 4.73 Å².